The first-order valence-corrected chi connectivity index (χ1v) is 7.06. The Hall–Kier alpha value is -2.14. The molecule has 1 aromatic carbocycles. The molecule has 5 nitrogen and oxygen atoms in total. The van der Waals surface area contributed by atoms with Gasteiger partial charge in [0.25, 0.3) is 11.8 Å². The molecule has 1 aromatic rings. The van der Waals surface area contributed by atoms with E-state index in [9.17, 15) is 9.59 Å². The van der Waals surface area contributed by atoms with Gasteiger partial charge in [-0.05, 0) is 24.0 Å². The molecule has 0 spiro atoms. The van der Waals surface area contributed by atoms with Crippen molar-refractivity contribution in [3.63, 3.8) is 0 Å². The highest BCUT2D eigenvalue weighted by Crippen LogP contribution is 2.22. The lowest BCUT2D eigenvalue weighted by atomic mass is 10.0. The van der Waals surface area contributed by atoms with Crippen LogP contribution in [0.1, 0.15) is 19.4 Å². The van der Waals surface area contributed by atoms with E-state index in [1.54, 1.807) is 0 Å². The van der Waals surface area contributed by atoms with Gasteiger partial charge in [-0.3, -0.25) is 14.5 Å². The molecule has 0 aliphatic carbocycles. The molecule has 0 unspecified atom stereocenters. The minimum Gasteiger partial charge on any atom is -0.395 e. The molecule has 2 N–H and O–H groups in total. The van der Waals surface area contributed by atoms with E-state index < -0.39 is 11.8 Å². The van der Waals surface area contributed by atoms with Crippen molar-refractivity contribution < 1.29 is 14.7 Å². The van der Waals surface area contributed by atoms with Gasteiger partial charge in [0, 0.05) is 11.8 Å². The maximum Gasteiger partial charge on any atom is 0.277 e. The Balaban J connectivity index is 2.18. The van der Waals surface area contributed by atoms with E-state index >= 15 is 0 Å². The summed E-state index contributed by atoms with van der Waals surface area (Å²) < 4.78 is 0. The second-order valence-electron chi connectivity index (χ2n) is 5.46. The predicted octanol–water partition coefficient (Wildman–Crippen LogP) is 1.54. The predicted molar refractivity (Wildman–Crippen MR) is 80.5 cm³/mol. The van der Waals surface area contributed by atoms with Crippen LogP contribution in [0.4, 0.5) is 5.69 Å². The fourth-order valence-corrected chi connectivity index (χ4v) is 2.32. The molecule has 0 aromatic heterocycles. The molecule has 2 rings (SSSR count). The van der Waals surface area contributed by atoms with Gasteiger partial charge in [0.05, 0.1) is 13.2 Å². The van der Waals surface area contributed by atoms with Crippen molar-refractivity contribution >= 4 is 17.5 Å². The molecule has 2 amide bonds. The first kappa shape index (κ1) is 15.3. The van der Waals surface area contributed by atoms with E-state index in [4.69, 9.17) is 5.11 Å². The minimum absolute atomic E-state index is 0.0208. The molecule has 0 saturated carbocycles. The van der Waals surface area contributed by atoms with Crippen molar-refractivity contribution in [2.75, 3.05) is 18.5 Å². The fourth-order valence-electron chi connectivity index (χ4n) is 2.32. The SMILES string of the molecule is CC(C)Cc1ccccc1NC1=CC(=O)N(CCO)C1=O. The van der Waals surface area contributed by atoms with E-state index in [0.717, 1.165) is 22.6 Å². The summed E-state index contributed by atoms with van der Waals surface area (Å²) in [6, 6.07) is 7.75. The first-order chi connectivity index (χ1) is 10.0. The van der Waals surface area contributed by atoms with Gasteiger partial charge in [0.2, 0.25) is 0 Å². The van der Waals surface area contributed by atoms with E-state index in [-0.39, 0.29) is 18.8 Å². The van der Waals surface area contributed by atoms with Crippen LogP contribution in [-0.2, 0) is 16.0 Å². The number of amides is 2. The summed E-state index contributed by atoms with van der Waals surface area (Å²) in [6.45, 7) is 4.04. The molecule has 0 bridgehead atoms. The summed E-state index contributed by atoms with van der Waals surface area (Å²) in [5.41, 5.74) is 2.20. The molecule has 112 valence electrons. The number of nitrogens with one attached hydrogen (secondary N) is 1. The molecule has 21 heavy (non-hydrogen) atoms. The first-order valence-electron chi connectivity index (χ1n) is 7.06. The largest absolute Gasteiger partial charge is 0.395 e. The molecule has 0 atom stereocenters. The summed E-state index contributed by atoms with van der Waals surface area (Å²) in [6.07, 6.45) is 2.17. The quantitative estimate of drug-likeness (QED) is 0.779. The van der Waals surface area contributed by atoms with Gasteiger partial charge in [-0.15, -0.1) is 0 Å². The molecule has 1 aliphatic rings. The van der Waals surface area contributed by atoms with Crippen LogP contribution in [0.3, 0.4) is 0 Å². The number of anilines is 1. The second-order valence-corrected chi connectivity index (χ2v) is 5.46. The summed E-state index contributed by atoms with van der Waals surface area (Å²) in [5, 5.41) is 11.9. The number of carbonyl (C=O) groups is 2. The molecular weight excluding hydrogens is 268 g/mol. The Labute approximate surface area is 124 Å². The molecule has 0 radical (unpaired) electrons. The van der Waals surface area contributed by atoms with Gasteiger partial charge < -0.3 is 10.4 Å². The number of hydrogen-bond acceptors (Lipinski definition) is 4. The number of nitrogens with zero attached hydrogens (tertiary/aromatic N) is 1. The van der Waals surface area contributed by atoms with E-state index in [1.807, 2.05) is 24.3 Å². The summed E-state index contributed by atoms with van der Waals surface area (Å²) in [4.78, 5) is 24.9. The number of carbonyl (C=O) groups excluding carboxylic acids is 2. The van der Waals surface area contributed by atoms with Crippen molar-refractivity contribution in [1.82, 2.24) is 4.90 Å². The van der Waals surface area contributed by atoms with Crippen molar-refractivity contribution in [2.45, 2.75) is 20.3 Å². The third-order valence-electron chi connectivity index (χ3n) is 3.25. The highest BCUT2D eigenvalue weighted by atomic mass is 16.3. The van der Waals surface area contributed by atoms with E-state index in [2.05, 4.69) is 19.2 Å². The molecular formula is C16H20N2O3. The Morgan fingerprint density at radius 2 is 1.95 bits per heavy atom. The zero-order valence-electron chi connectivity index (χ0n) is 12.3. The van der Waals surface area contributed by atoms with Gasteiger partial charge in [-0.2, -0.15) is 0 Å². The lowest BCUT2D eigenvalue weighted by Crippen LogP contribution is -2.34. The number of rotatable bonds is 6. The maximum absolute atomic E-state index is 12.1. The number of β-amino-alcohol motifs (C(OH)–C–C–N with tert-alkyl or cyclic N) is 1. The molecule has 1 heterocycles. The van der Waals surface area contributed by atoms with Crippen LogP contribution in [0.15, 0.2) is 36.0 Å². The van der Waals surface area contributed by atoms with Gasteiger partial charge in [-0.1, -0.05) is 32.0 Å². The smallest absolute Gasteiger partial charge is 0.277 e. The molecule has 0 saturated heterocycles. The minimum atomic E-state index is -0.395. The Bertz CT molecular complexity index is 579. The van der Waals surface area contributed by atoms with Crippen LogP contribution >= 0.6 is 0 Å². The number of para-hydroxylation sites is 1. The Morgan fingerprint density at radius 1 is 1.24 bits per heavy atom. The fraction of sp³-hybridized carbons (Fsp3) is 0.375. The van der Waals surface area contributed by atoms with Crippen molar-refractivity contribution in [3.05, 3.63) is 41.6 Å². The van der Waals surface area contributed by atoms with Crippen LogP contribution in [0.5, 0.6) is 0 Å². The lowest BCUT2D eigenvalue weighted by Gasteiger charge is -2.15. The standard InChI is InChI=1S/C16H20N2O3/c1-11(2)9-12-5-3-4-6-13(12)17-14-10-15(20)18(7-8-19)16(14)21/h3-6,10-11,17,19H,7-9H2,1-2H3. The van der Waals surface area contributed by atoms with Crippen LogP contribution in [0.2, 0.25) is 0 Å². The van der Waals surface area contributed by atoms with E-state index in [0.29, 0.717) is 5.92 Å². The lowest BCUT2D eigenvalue weighted by molar-refractivity contribution is -0.137. The van der Waals surface area contributed by atoms with Crippen molar-refractivity contribution in [1.29, 1.82) is 0 Å². The highest BCUT2D eigenvalue weighted by molar-refractivity contribution is 6.17. The number of aliphatic hydroxyl groups excluding tert-OH is 1. The molecule has 1 aliphatic heterocycles. The van der Waals surface area contributed by atoms with Crippen LogP contribution < -0.4 is 5.32 Å². The normalized spacial score (nSPS) is 14.9. The van der Waals surface area contributed by atoms with Gasteiger partial charge >= 0.3 is 0 Å². The summed E-state index contributed by atoms with van der Waals surface area (Å²) >= 11 is 0. The average Bonchev–Trinajstić information content (AvgIpc) is 2.69. The number of aliphatic hydroxyl groups is 1. The average molecular weight is 288 g/mol. The third kappa shape index (κ3) is 3.49. The summed E-state index contributed by atoms with van der Waals surface area (Å²) in [7, 11) is 0. The zero-order chi connectivity index (χ0) is 15.4. The van der Waals surface area contributed by atoms with Crippen LogP contribution in [0.25, 0.3) is 0 Å². The van der Waals surface area contributed by atoms with E-state index in [1.165, 1.54) is 6.08 Å². The van der Waals surface area contributed by atoms with Crippen molar-refractivity contribution in [3.8, 4) is 0 Å². The zero-order valence-corrected chi connectivity index (χ0v) is 12.3. The Kier molecular flexibility index (Phi) is 4.75. The van der Waals surface area contributed by atoms with Crippen LogP contribution in [0, 0.1) is 5.92 Å². The van der Waals surface area contributed by atoms with Gasteiger partial charge in [0.1, 0.15) is 5.70 Å². The third-order valence-corrected chi connectivity index (χ3v) is 3.25. The Morgan fingerprint density at radius 3 is 2.62 bits per heavy atom. The monoisotopic (exact) mass is 288 g/mol. The van der Waals surface area contributed by atoms with Gasteiger partial charge in [-0.25, -0.2) is 0 Å². The maximum atomic E-state index is 12.1. The summed E-state index contributed by atoms with van der Waals surface area (Å²) in [5.74, 6) is -0.292. The molecule has 5 heteroatoms. The highest BCUT2D eigenvalue weighted by Gasteiger charge is 2.30. The number of hydrogen-bond donors (Lipinski definition) is 2. The second kappa shape index (κ2) is 6.54. The molecule has 0 fully saturated rings. The van der Waals surface area contributed by atoms with Gasteiger partial charge in [0.15, 0.2) is 0 Å². The van der Waals surface area contributed by atoms with Crippen molar-refractivity contribution in [2.24, 2.45) is 5.92 Å². The van der Waals surface area contributed by atoms with Crippen LogP contribution in [-0.4, -0.2) is 35.0 Å². The topological polar surface area (TPSA) is 69.6 Å². The number of benzene rings is 1. The number of imide groups is 1.